The highest BCUT2D eigenvalue weighted by atomic mass is 15.1. The molecule has 0 bridgehead atoms. The summed E-state index contributed by atoms with van der Waals surface area (Å²) in [6, 6.07) is 70.9. The van der Waals surface area contributed by atoms with Crippen LogP contribution < -0.4 is 4.90 Å². The third-order valence-corrected chi connectivity index (χ3v) is 13.6. The molecule has 8 aromatic carbocycles. The normalized spacial score (nSPS) is 14.5. The van der Waals surface area contributed by atoms with E-state index in [1.165, 1.54) is 83.6 Å². The van der Waals surface area contributed by atoms with Gasteiger partial charge in [-0.1, -0.05) is 207 Å². The van der Waals surface area contributed by atoms with Gasteiger partial charge in [-0.15, -0.1) is 0 Å². The Kier molecular flexibility index (Phi) is 8.93. The largest absolute Gasteiger partial charge is 0.310 e. The molecule has 10 rings (SSSR count). The second-order valence-corrected chi connectivity index (χ2v) is 19.8. The van der Waals surface area contributed by atoms with Crippen molar-refractivity contribution in [3.05, 3.63) is 233 Å². The van der Waals surface area contributed by atoms with Gasteiger partial charge in [0.25, 0.3) is 0 Å². The van der Waals surface area contributed by atoms with Gasteiger partial charge in [0.2, 0.25) is 0 Å². The minimum atomic E-state index is -0.498. The Hall–Kier alpha value is -6.44. The molecule has 0 amide bonds. The summed E-state index contributed by atoms with van der Waals surface area (Å²) in [5, 5.41) is 0. The van der Waals surface area contributed by atoms with Crippen LogP contribution in [0.2, 0.25) is 0 Å². The van der Waals surface area contributed by atoms with Gasteiger partial charge in [0.1, 0.15) is 0 Å². The van der Waals surface area contributed by atoms with Gasteiger partial charge in [-0.2, -0.15) is 0 Å². The lowest BCUT2D eigenvalue weighted by molar-refractivity contribution is 0.569. The van der Waals surface area contributed by atoms with Crippen LogP contribution in [-0.2, 0) is 21.7 Å². The fourth-order valence-corrected chi connectivity index (χ4v) is 10.5. The van der Waals surface area contributed by atoms with E-state index >= 15 is 0 Å². The van der Waals surface area contributed by atoms with Crippen LogP contribution in [0.15, 0.2) is 188 Å². The van der Waals surface area contributed by atoms with Crippen molar-refractivity contribution in [2.75, 3.05) is 4.90 Å². The zero-order valence-electron chi connectivity index (χ0n) is 36.8. The molecule has 2 aliphatic rings. The summed E-state index contributed by atoms with van der Waals surface area (Å²) in [4.78, 5) is 2.51. The molecule has 0 atom stereocenters. The molecule has 2 aliphatic carbocycles. The highest BCUT2D eigenvalue weighted by Gasteiger charge is 2.46. The van der Waals surface area contributed by atoms with E-state index in [2.05, 4.69) is 248 Å². The molecule has 0 fully saturated rings. The van der Waals surface area contributed by atoms with Crippen molar-refractivity contribution in [1.29, 1.82) is 0 Å². The third kappa shape index (κ3) is 6.12. The topological polar surface area (TPSA) is 3.24 Å². The summed E-state index contributed by atoms with van der Waals surface area (Å²) in [7, 11) is 0. The Morgan fingerprint density at radius 2 is 0.836 bits per heavy atom. The van der Waals surface area contributed by atoms with Gasteiger partial charge < -0.3 is 4.90 Å². The number of anilines is 3. The van der Waals surface area contributed by atoms with Crippen LogP contribution in [0.25, 0.3) is 33.4 Å². The molecule has 300 valence electrons. The van der Waals surface area contributed by atoms with Crippen LogP contribution in [-0.4, -0.2) is 0 Å². The van der Waals surface area contributed by atoms with Crippen LogP contribution in [0.4, 0.5) is 17.1 Å². The smallest absolute Gasteiger partial charge is 0.0714 e. The lowest BCUT2D eigenvalue weighted by Gasteiger charge is -2.35. The Bertz CT molecular complexity index is 2860. The molecule has 0 radical (unpaired) electrons. The van der Waals surface area contributed by atoms with Gasteiger partial charge in [-0.05, 0) is 125 Å². The number of rotatable bonds is 6. The minimum absolute atomic E-state index is 0.0427. The summed E-state index contributed by atoms with van der Waals surface area (Å²) >= 11 is 0. The molecule has 0 unspecified atom stereocenters. The van der Waals surface area contributed by atoms with Gasteiger partial charge in [0, 0.05) is 22.5 Å². The summed E-state index contributed by atoms with van der Waals surface area (Å²) < 4.78 is 0. The van der Waals surface area contributed by atoms with E-state index in [1.54, 1.807) is 0 Å². The van der Waals surface area contributed by atoms with Crippen LogP contribution in [0.1, 0.15) is 99.9 Å². The number of benzene rings is 8. The summed E-state index contributed by atoms with van der Waals surface area (Å²) in [5.74, 6) is 0. The molecule has 8 aromatic rings. The monoisotopic (exact) mass is 789 g/mol. The molecule has 61 heavy (non-hydrogen) atoms. The first-order chi connectivity index (χ1) is 29.3. The standard InChI is InChI=1S/C60H55N/c1-57(2,3)43-36-44(58(4,5)6)38-47(37-43)61(45-32-30-40(31-33-45)48-26-19-27-52-50-25-15-17-28-53(50)59(7,8)56(48)52)46-34-35-51-49-24-16-18-29-54(49)60(55(51)39-46,41-20-11-9-12-21-41)42-22-13-10-14-23-42/h9-39H,1-8H3. The van der Waals surface area contributed by atoms with Gasteiger partial charge in [0.15, 0.2) is 0 Å². The van der Waals surface area contributed by atoms with Crippen LogP contribution in [0.3, 0.4) is 0 Å². The summed E-state index contributed by atoms with van der Waals surface area (Å²) in [6.45, 7) is 18.7. The maximum Gasteiger partial charge on any atom is 0.0714 e. The number of fused-ring (bicyclic) bond motifs is 6. The van der Waals surface area contributed by atoms with Crippen molar-refractivity contribution >= 4 is 17.1 Å². The number of hydrogen-bond acceptors (Lipinski definition) is 1. The Morgan fingerprint density at radius 3 is 1.43 bits per heavy atom. The average Bonchev–Trinajstić information content (AvgIpc) is 3.69. The highest BCUT2D eigenvalue weighted by molar-refractivity contribution is 5.91. The average molecular weight is 790 g/mol. The maximum atomic E-state index is 2.51. The Labute approximate surface area is 363 Å². The first-order valence-electron chi connectivity index (χ1n) is 21.9. The molecule has 1 nitrogen and oxygen atoms in total. The number of nitrogens with zero attached hydrogens (tertiary/aromatic N) is 1. The second kappa shape index (κ2) is 14.1. The summed E-state index contributed by atoms with van der Waals surface area (Å²) in [6.07, 6.45) is 0. The van der Waals surface area contributed by atoms with E-state index in [0.29, 0.717) is 0 Å². The third-order valence-electron chi connectivity index (χ3n) is 13.6. The van der Waals surface area contributed by atoms with E-state index in [9.17, 15) is 0 Å². The lowest BCUT2D eigenvalue weighted by atomic mass is 9.67. The van der Waals surface area contributed by atoms with Gasteiger partial charge >= 0.3 is 0 Å². The van der Waals surface area contributed by atoms with Gasteiger partial charge in [-0.3, -0.25) is 0 Å². The molecular weight excluding hydrogens is 735 g/mol. The van der Waals surface area contributed by atoms with Gasteiger partial charge in [-0.25, -0.2) is 0 Å². The van der Waals surface area contributed by atoms with Crippen molar-refractivity contribution in [2.24, 2.45) is 0 Å². The number of hydrogen-bond donors (Lipinski definition) is 0. The molecule has 0 saturated heterocycles. The molecule has 0 aromatic heterocycles. The highest BCUT2D eigenvalue weighted by Crippen LogP contribution is 2.58. The van der Waals surface area contributed by atoms with Gasteiger partial charge in [0.05, 0.1) is 5.41 Å². The maximum absolute atomic E-state index is 2.51. The van der Waals surface area contributed by atoms with E-state index in [4.69, 9.17) is 0 Å². The molecule has 0 heterocycles. The Balaban J connectivity index is 1.21. The van der Waals surface area contributed by atoms with Crippen molar-refractivity contribution < 1.29 is 0 Å². The van der Waals surface area contributed by atoms with E-state index in [-0.39, 0.29) is 16.2 Å². The molecule has 0 N–H and O–H groups in total. The van der Waals surface area contributed by atoms with Crippen molar-refractivity contribution in [2.45, 2.75) is 77.0 Å². The molecule has 0 aliphatic heterocycles. The molecule has 1 heteroatoms. The quantitative estimate of drug-likeness (QED) is 0.162. The fraction of sp³-hybridized carbons (Fsp3) is 0.200. The molecule has 0 saturated carbocycles. The van der Waals surface area contributed by atoms with E-state index in [0.717, 1.165) is 11.4 Å². The van der Waals surface area contributed by atoms with Crippen LogP contribution in [0.5, 0.6) is 0 Å². The predicted octanol–water partition coefficient (Wildman–Crippen LogP) is 16.1. The molecule has 0 spiro atoms. The zero-order valence-corrected chi connectivity index (χ0v) is 36.8. The zero-order chi connectivity index (χ0) is 42.3. The van der Waals surface area contributed by atoms with Crippen molar-refractivity contribution in [3.63, 3.8) is 0 Å². The SMILES string of the molecule is CC(C)(C)c1cc(N(c2ccc(-c3cccc4c3C(C)(C)c3ccccc3-4)cc2)c2ccc3c(c2)C(c2ccccc2)(c2ccccc2)c2ccccc2-3)cc(C(C)(C)C)c1. The van der Waals surface area contributed by atoms with E-state index in [1.807, 2.05) is 0 Å². The van der Waals surface area contributed by atoms with Crippen molar-refractivity contribution in [3.8, 4) is 33.4 Å². The second-order valence-electron chi connectivity index (χ2n) is 19.8. The lowest BCUT2D eigenvalue weighted by Crippen LogP contribution is -2.28. The fourth-order valence-electron chi connectivity index (χ4n) is 10.5. The predicted molar refractivity (Wildman–Crippen MR) is 259 cm³/mol. The first-order valence-corrected chi connectivity index (χ1v) is 21.9. The van der Waals surface area contributed by atoms with Crippen molar-refractivity contribution in [1.82, 2.24) is 0 Å². The van der Waals surface area contributed by atoms with Crippen LogP contribution in [0, 0.1) is 0 Å². The first kappa shape index (κ1) is 38.7. The summed E-state index contributed by atoms with van der Waals surface area (Å²) in [5.41, 5.74) is 21.2. The Morgan fingerprint density at radius 1 is 0.361 bits per heavy atom. The minimum Gasteiger partial charge on any atom is -0.310 e. The van der Waals surface area contributed by atoms with Crippen LogP contribution >= 0.6 is 0 Å². The molecular formula is C60H55N. The van der Waals surface area contributed by atoms with E-state index < -0.39 is 5.41 Å².